The van der Waals surface area contributed by atoms with E-state index in [4.69, 9.17) is 9.97 Å². The number of fused-ring (bicyclic) bond motifs is 1. The normalized spacial score (nSPS) is 16.4. The Balaban J connectivity index is 0.00000289. The van der Waals surface area contributed by atoms with Crippen molar-refractivity contribution in [2.75, 3.05) is 31.1 Å². The second-order valence-electron chi connectivity index (χ2n) is 8.61. The van der Waals surface area contributed by atoms with Crippen LogP contribution in [0.4, 0.5) is 5.82 Å². The summed E-state index contributed by atoms with van der Waals surface area (Å²) in [6.07, 6.45) is 0.404. The van der Waals surface area contributed by atoms with Crippen molar-refractivity contribution in [2.45, 2.75) is 39.7 Å². The van der Waals surface area contributed by atoms with Crippen LogP contribution in [0.5, 0.6) is 0 Å². The molecule has 1 N–H and O–H groups in total. The van der Waals surface area contributed by atoms with Crippen LogP contribution in [0.15, 0.2) is 42.5 Å². The quantitative estimate of drug-likeness (QED) is 0.692. The molecule has 3 aromatic rings. The van der Waals surface area contributed by atoms with E-state index >= 15 is 0 Å². The molecule has 1 atom stereocenters. The lowest BCUT2D eigenvalue weighted by atomic mass is 10.0. The molecule has 1 unspecified atom stereocenters. The number of benzene rings is 2. The van der Waals surface area contributed by atoms with Gasteiger partial charge in [-0.15, -0.1) is 0 Å². The number of piperazine rings is 1. The van der Waals surface area contributed by atoms with Gasteiger partial charge in [0.25, 0.3) is 5.91 Å². The van der Waals surface area contributed by atoms with Crippen LogP contribution in [-0.4, -0.2) is 57.7 Å². The highest BCUT2D eigenvalue weighted by atomic mass is 16.3. The maximum atomic E-state index is 12.7. The van der Waals surface area contributed by atoms with Crippen LogP contribution in [-0.2, 0) is 4.79 Å². The van der Waals surface area contributed by atoms with Gasteiger partial charge in [-0.2, -0.15) is 0 Å². The van der Waals surface area contributed by atoms with Gasteiger partial charge in [-0.1, -0.05) is 37.3 Å². The molecule has 2 heterocycles. The van der Waals surface area contributed by atoms with E-state index in [-0.39, 0.29) is 7.33 Å². The number of anilines is 1. The first-order valence-electron chi connectivity index (χ1n) is 10.9. The summed E-state index contributed by atoms with van der Waals surface area (Å²) in [7, 11) is 0. The van der Waals surface area contributed by atoms with E-state index in [0.717, 1.165) is 39.2 Å². The van der Waals surface area contributed by atoms with Crippen LogP contribution in [0, 0.1) is 13.8 Å². The number of hydrogen-bond donors (Lipinski definition) is 1. The molecule has 1 aliphatic heterocycles. The van der Waals surface area contributed by atoms with Gasteiger partial charge in [0.15, 0.2) is 5.82 Å². The fourth-order valence-corrected chi connectivity index (χ4v) is 4.02. The van der Waals surface area contributed by atoms with Gasteiger partial charge in [0.2, 0.25) is 0 Å². The second-order valence-corrected chi connectivity index (χ2v) is 8.61. The lowest BCUT2D eigenvalue weighted by molar-refractivity contribution is -0.150. The number of aryl methyl sites for hydroxylation is 2. The summed E-state index contributed by atoms with van der Waals surface area (Å²) in [5.41, 5.74) is 2.94. The van der Waals surface area contributed by atoms with E-state index < -0.39 is 5.60 Å². The molecule has 1 aliphatic rings. The summed E-state index contributed by atoms with van der Waals surface area (Å²) >= 11 is 0. The van der Waals surface area contributed by atoms with Gasteiger partial charge in [0.1, 0.15) is 11.4 Å². The minimum absolute atomic E-state index is 0. The van der Waals surface area contributed by atoms with E-state index in [1.54, 1.807) is 11.8 Å². The van der Waals surface area contributed by atoms with Crippen molar-refractivity contribution in [1.29, 1.82) is 0 Å². The Bertz CT molecular complexity index is 1120. The molecule has 1 fully saturated rings. The first-order valence-corrected chi connectivity index (χ1v) is 10.9. The Morgan fingerprint density at radius 3 is 2.48 bits per heavy atom. The third kappa shape index (κ3) is 4.12. The Morgan fingerprint density at radius 1 is 1.10 bits per heavy atom. The third-order valence-electron chi connectivity index (χ3n) is 6.23. The van der Waals surface area contributed by atoms with E-state index in [9.17, 15) is 9.90 Å². The van der Waals surface area contributed by atoms with E-state index in [1.165, 1.54) is 0 Å². The van der Waals surface area contributed by atoms with Gasteiger partial charge in [-0.05, 0) is 50.5 Å². The van der Waals surface area contributed by atoms with Crippen molar-refractivity contribution < 1.29 is 11.3 Å². The molecule has 0 aliphatic carbocycles. The molecular weight excluding hydrogens is 388 g/mol. The Labute approximate surface area is 185 Å². The molecule has 164 valence electrons. The van der Waals surface area contributed by atoms with Gasteiger partial charge in [-0.25, -0.2) is 9.97 Å². The summed E-state index contributed by atoms with van der Waals surface area (Å²) in [6, 6.07) is 14.4. The van der Waals surface area contributed by atoms with Crippen LogP contribution >= 0.6 is 0 Å². The first kappa shape index (κ1) is 21.2. The molecule has 2 aromatic carbocycles. The molecule has 0 spiro atoms. The fraction of sp³-hybridized carbons (Fsp3) is 0.400. The highest BCUT2D eigenvalue weighted by molar-refractivity contribution is 5.92. The van der Waals surface area contributed by atoms with Gasteiger partial charge in [-0.3, -0.25) is 4.79 Å². The van der Waals surface area contributed by atoms with E-state index in [0.29, 0.717) is 32.6 Å². The molecule has 0 radical (unpaired) electrons. The molecule has 1 saturated heterocycles. The first-order chi connectivity index (χ1) is 14.8. The van der Waals surface area contributed by atoms with Crippen LogP contribution in [0.25, 0.3) is 22.3 Å². The monoisotopic (exact) mass is 420 g/mol. The number of nitrogens with zero attached hydrogens (tertiary/aromatic N) is 4. The molecule has 31 heavy (non-hydrogen) atoms. The summed E-state index contributed by atoms with van der Waals surface area (Å²) in [5.74, 6) is 1.43. The molecule has 0 saturated carbocycles. The second kappa shape index (κ2) is 8.27. The number of carbonyl (C=O) groups is 1. The van der Waals surface area contributed by atoms with E-state index in [1.807, 2.05) is 19.1 Å². The zero-order chi connectivity index (χ0) is 22.2. The van der Waals surface area contributed by atoms with Gasteiger partial charge in [0, 0.05) is 38.6 Å². The standard InChI is InChI=1S/C25H30N4O2.H2/c1-5-25(4,31)24(30)29-14-12-28(13-15-29)23-20-11-10-17(2)16-21(20)26-22(27-23)19-9-7-6-8-18(19)3;/h6-11,16,31H,5,12-15H2,1-4H3;1H. The Kier molecular flexibility index (Phi) is 5.67. The maximum absolute atomic E-state index is 12.7. The van der Waals surface area contributed by atoms with Crippen molar-refractivity contribution in [3.63, 3.8) is 0 Å². The van der Waals surface area contributed by atoms with Crippen molar-refractivity contribution >= 4 is 22.6 Å². The minimum atomic E-state index is -1.31. The number of aliphatic hydroxyl groups is 1. The molecule has 4 rings (SSSR count). The molecule has 0 bridgehead atoms. The average Bonchev–Trinajstić information content (AvgIpc) is 2.78. The van der Waals surface area contributed by atoms with Crippen LogP contribution < -0.4 is 4.90 Å². The number of carbonyl (C=O) groups excluding carboxylic acids is 1. The number of aromatic nitrogens is 2. The van der Waals surface area contributed by atoms with Crippen LogP contribution in [0.1, 0.15) is 32.8 Å². The average molecular weight is 421 g/mol. The molecule has 6 heteroatoms. The highest BCUT2D eigenvalue weighted by Crippen LogP contribution is 2.30. The Hall–Kier alpha value is -2.99. The number of amides is 1. The maximum Gasteiger partial charge on any atom is 0.254 e. The summed E-state index contributed by atoms with van der Waals surface area (Å²) in [4.78, 5) is 26.5. The minimum Gasteiger partial charge on any atom is -0.380 e. The predicted octanol–water partition coefficient (Wildman–Crippen LogP) is 3.97. The Morgan fingerprint density at radius 2 is 1.81 bits per heavy atom. The van der Waals surface area contributed by atoms with Gasteiger partial charge < -0.3 is 14.9 Å². The smallest absolute Gasteiger partial charge is 0.254 e. The SMILES string of the molecule is CCC(C)(O)C(=O)N1CCN(c2nc(-c3ccccc3C)nc3cc(C)ccc23)CC1.[HH]. The van der Waals surface area contributed by atoms with Crippen LogP contribution in [0.3, 0.4) is 0 Å². The number of rotatable bonds is 4. The van der Waals surface area contributed by atoms with Crippen molar-refractivity contribution in [1.82, 2.24) is 14.9 Å². The highest BCUT2D eigenvalue weighted by Gasteiger charge is 2.34. The van der Waals surface area contributed by atoms with Gasteiger partial charge in [0.05, 0.1) is 5.52 Å². The number of hydrogen-bond acceptors (Lipinski definition) is 5. The lowest BCUT2D eigenvalue weighted by Gasteiger charge is -2.38. The van der Waals surface area contributed by atoms with Crippen molar-refractivity contribution in [3.05, 3.63) is 53.6 Å². The molecular formula is C25H32N4O2. The lowest BCUT2D eigenvalue weighted by Crippen LogP contribution is -2.55. The zero-order valence-corrected chi connectivity index (χ0v) is 18.7. The van der Waals surface area contributed by atoms with Crippen molar-refractivity contribution in [3.8, 4) is 11.4 Å². The van der Waals surface area contributed by atoms with E-state index in [2.05, 4.69) is 49.1 Å². The predicted molar refractivity (Wildman–Crippen MR) is 126 cm³/mol. The molecule has 1 amide bonds. The van der Waals surface area contributed by atoms with Gasteiger partial charge >= 0.3 is 0 Å². The van der Waals surface area contributed by atoms with Crippen molar-refractivity contribution in [2.24, 2.45) is 0 Å². The summed E-state index contributed by atoms with van der Waals surface area (Å²) in [6.45, 7) is 10.0. The topological polar surface area (TPSA) is 69.6 Å². The molecule has 1 aromatic heterocycles. The molecule has 6 nitrogen and oxygen atoms in total. The fourth-order valence-electron chi connectivity index (χ4n) is 4.02. The summed E-state index contributed by atoms with van der Waals surface area (Å²) in [5, 5.41) is 11.4. The zero-order valence-electron chi connectivity index (χ0n) is 18.7. The van der Waals surface area contributed by atoms with Crippen LogP contribution in [0.2, 0.25) is 0 Å². The summed E-state index contributed by atoms with van der Waals surface area (Å²) < 4.78 is 0. The third-order valence-corrected chi connectivity index (χ3v) is 6.23. The largest absolute Gasteiger partial charge is 0.380 e.